The molecular formula is C29H35ClFN5O2. The summed E-state index contributed by atoms with van der Waals surface area (Å²) in [6, 6.07) is 11.0. The molecule has 2 amide bonds. The van der Waals surface area contributed by atoms with Crippen molar-refractivity contribution >= 4 is 35.0 Å². The lowest BCUT2D eigenvalue weighted by Gasteiger charge is -2.47. The summed E-state index contributed by atoms with van der Waals surface area (Å²) in [6.07, 6.45) is 4.04. The first-order valence-corrected chi connectivity index (χ1v) is 13.5. The second-order valence-corrected chi connectivity index (χ2v) is 11.2. The molecule has 4 N–H and O–H groups in total. The van der Waals surface area contributed by atoms with E-state index in [2.05, 4.69) is 26.1 Å². The first kappa shape index (κ1) is 27.8. The molecule has 0 saturated heterocycles. The standard InChI is InChI=1S/C29H35ClFN5O2/c1-4-5-24(19-6-8-20(9-7-19)27(37)34-16-25(32)33)36-28(38)26(21-11-22(30)13-23(31)12-21)35-29(36)14-17(2)10-18(3)15-29/h6-9,11-13,17-18,24H,4-5,10,14-16H2,1-3H3,(H3,32,33)(H,34,37). The van der Waals surface area contributed by atoms with Gasteiger partial charge in [0.25, 0.3) is 11.8 Å². The molecule has 1 fully saturated rings. The topological polar surface area (TPSA) is 112 Å². The molecule has 38 heavy (non-hydrogen) atoms. The number of halogens is 2. The summed E-state index contributed by atoms with van der Waals surface area (Å²) in [4.78, 5) is 33.6. The average Bonchev–Trinajstić information content (AvgIpc) is 3.10. The van der Waals surface area contributed by atoms with E-state index in [0.29, 0.717) is 29.4 Å². The Labute approximate surface area is 228 Å². The van der Waals surface area contributed by atoms with Gasteiger partial charge in [-0.3, -0.25) is 20.0 Å². The Morgan fingerprint density at radius 1 is 1.24 bits per heavy atom. The Kier molecular flexibility index (Phi) is 8.21. The minimum Gasteiger partial charge on any atom is -0.386 e. The highest BCUT2D eigenvalue weighted by Crippen LogP contribution is 2.48. The maximum atomic E-state index is 14.3. The fourth-order valence-electron chi connectivity index (χ4n) is 6.12. The van der Waals surface area contributed by atoms with E-state index in [1.807, 2.05) is 17.0 Å². The van der Waals surface area contributed by atoms with E-state index in [0.717, 1.165) is 31.2 Å². The highest BCUT2D eigenvalue weighted by atomic mass is 35.5. The van der Waals surface area contributed by atoms with E-state index in [-0.39, 0.29) is 41.0 Å². The number of nitrogens with one attached hydrogen (secondary N) is 2. The lowest BCUT2D eigenvalue weighted by molar-refractivity contribution is -0.134. The van der Waals surface area contributed by atoms with Gasteiger partial charge in [0, 0.05) is 16.1 Å². The molecule has 3 unspecified atom stereocenters. The third-order valence-corrected chi connectivity index (χ3v) is 7.57. The number of nitrogens with two attached hydrogens (primary N) is 1. The summed E-state index contributed by atoms with van der Waals surface area (Å²) in [6.45, 7) is 6.43. The smallest absolute Gasteiger partial charge is 0.275 e. The molecule has 0 aromatic heterocycles. The molecule has 1 spiro atoms. The molecule has 0 bridgehead atoms. The van der Waals surface area contributed by atoms with Crippen LogP contribution in [0.4, 0.5) is 4.39 Å². The fourth-order valence-corrected chi connectivity index (χ4v) is 6.34. The van der Waals surface area contributed by atoms with Gasteiger partial charge in [-0.15, -0.1) is 0 Å². The SMILES string of the molecule is CCCC(c1ccc(C(=O)NCC(=N)N)cc1)N1C(=O)C(c2cc(F)cc(Cl)c2)=NC12CC(C)CC(C)C2. The van der Waals surface area contributed by atoms with E-state index in [1.54, 1.807) is 18.2 Å². The van der Waals surface area contributed by atoms with E-state index in [1.165, 1.54) is 12.1 Å². The summed E-state index contributed by atoms with van der Waals surface area (Å²) in [5.41, 5.74) is 6.59. The summed E-state index contributed by atoms with van der Waals surface area (Å²) < 4.78 is 14.3. The number of benzene rings is 2. The van der Waals surface area contributed by atoms with Crippen LogP contribution in [0.2, 0.25) is 5.02 Å². The lowest BCUT2D eigenvalue weighted by atomic mass is 9.75. The number of carbonyl (C=O) groups excluding carboxylic acids is 2. The predicted octanol–water partition coefficient (Wildman–Crippen LogP) is 5.47. The quantitative estimate of drug-likeness (QED) is 0.305. The number of nitrogens with zero attached hydrogens (tertiary/aromatic N) is 2. The minimum atomic E-state index is -0.736. The largest absolute Gasteiger partial charge is 0.386 e. The molecule has 1 saturated carbocycles. The number of aliphatic imine (C=N–C) groups is 1. The molecule has 4 rings (SSSR count). The molecule has 2 aromatic rings. The maximum absolute atomic E-state index is 14.3. The number of hydrogen-bond acceptors (Lipinski definition) is 4. The van der Waals surface area contributed by atoms with Crippen molar-refractivity contribution in [1.82, 2.24) is 10.2 Å². The lowest BCUT2D eigenvalue weighted by Crippen LogP contribution is -2.52. The normalized spacial score (nSPS) is 23.9. The molecule has 7 nitrogen and oxygen atoms in total. The molecule has 0 radical (unpaired) electrons. The molecule has 9 heteroatoms. The highest BCUT2D eigenvalue weighted by molar-refractivity contribution is 6.47. The fraction of sp³-hybridized carbons (Fsp3) is 0.448. The van der Waals surface area contributed by atoms with Crippen molar-refractivity contribution < 1.29 is 14.0 Å². The van der Waals surface area contributed by atoms with Gasteiger partial charge in [0.05, 0.1) is 12.6 Å². The number of amides is 2. The summed E-state index contributed by atoms with van der Waals surface area (Å²) in [5, 5.41) is 10.1. The van der Waals surface area contributed by atoms with E-state index < -0.39 is 11.5 Å². The van der Waals surface area contributed by atoms with Crippen molar-refractivity contribution in [2.75, 3.05) is 6.54 Å². The van der Waals surface area contributed by atoms with E-state index in [4.69, 9.17) is 27.7 Å². The molecule has 202 valence electrons. The van der Waals surface area contributed by atoms with Gasteiger partial charge >= 0.3 is 0 Å². The van der Waals surface area contributed by atoms with Crippen LogP contribution >= 0.6 is 11.6 Å². The molecule has 2 aliphatic rings. The molecule has 2 aromatic carbocycles. The van der Waals surface area contributed by atoms with Crippen LogP contribution in [-0.2, 0) is 4.79 Å². The van der Waals surface area contributed by atoms with Crippen LogP contribution in [0.15, 0.2) is 47.5 Å². The first-order valence-electron chi connectivity index (χ1n) is 13.1. The van der Waals surface area contributed by atoms with Gasteiger partial charge in [-0.1, -0.05) is 50.9 Å². The minimum absolute atomic E-state index is 0.0234. The summed E-state index contributed by atoms with van der Waals surface area (Å²) >= 11 is 6.15. The van der Waals surface area contributed by atoms with Crippen molar-refractivity contribution in [3.63, 3.8) is 0 Å². The zero-order valence-corrected chi connectivity index (χ0v) is 22.8. The summed E-state index contributed by atoms with van der Waals surface area (Å²) in [7, 11) is 0. The number of rotatable bonds is 8. The predicted molar refractivity (Wildman–Crippen MR) is 148 cm³/mol. The molecular weight excluding hydrogens is 505 g/mol. The highest BCUT2D eigenvalue weighted by Gasteiger charge is 2.53. The van der Waals surface area contributed by atoms with Gasteiger partial charge in [0.1, 0.15) is 23.0 Å². The van der Waals surface area contributed by atoms with Gasteiger partial charge in [-0.2, -0.15) is 0 Å². The van der Waals surface area contributed by atoms with Gasteiger partial charge < -0.3 is 16.0 Å². The summed E-state index contributed by atoms with van der Waals surface area (Å²) in [5.74, 6) is -0.455. The van der Waals surface area contributed by atoms with E-state index >= 15 is 0 Å². The Morgan fingerprint density at radius 2 is 1.89 bits per heavy atom. The van der Waals surface area contributed by atoms with Crippen molar-refractivity contribution in [2.24, 2.45) is 22.6 Å². The van der Waals surface area contributed by atoms with Crippen LogP contribution in [-0.4, -0.2) is 40.5 Å². The Bertz CT molecular complexity index is 1230. The number of carbonyl (C=O) groups is 2. The van der Waals surface area contributed by atoms with Crippen molar-refractivity contribution in [3.05, 3.63) is 70.0 Å². The molecule has 1 aliphatic carbocycles. The van der Waals surface area contributed by atoms with Crippen LogP contribution in [0, 0.1) is 23.1 Å². The van der Waals surface area contributed by atoms with Crippen LogP contribution < -0.4 is 11.1 Å². The van der Waals surface area contributed by atoms with Gasteiger partial charge in [0.15, 0.2) is 0 Å². The Balaban J connectivity index is 1.75. The molecule has 1 heterocycles. The van der Waals surface area contributed by atoms with Gasteiger partial charge in [-0.05, 0) is 73.4 Å². The zero-order valence-electron chi connectivity index (χ0n) is 22.1. The molecule has 3 atom stereocenters. The number of hydrogen-bond donors (Lipinski definition) is 3. The first-order chi connectivity index (χ1) is 18.0. The Hall–Kier alpha value is -3.26. The number of amidine groups is 1. The second kappa shape index (κ2) is 11.2. The monoisotopic (exact) mass is 539 g/mol. The second-order valence-electron chi connectivity index (χ2n) is 10.8. The van der Waals surface area contributed by atoms with Crippen molar-refractivity contribution in [1.29, 1.82) is 5.41 Å². The van der Waals surface area contributed by atoms with Crippen molar-refractivity contribution in [3.8, 4) is 0 Å². The maximum Gasteiger partial charge on any atom is 0.275 e. The van der Waals surface area contributed by atoms with E-state index in [9.17, 15) is 14.0 Å². The third-order valence-electron chi connectivity index (χ3n) is 7.35. The van der Waals surface area contributed by atoms with Crippen LogP contribution in [0.5, 0.6) is 0 Å². The Morgan fingerprint density at radius 3 is 2.47 bits per heavy atom. The van der Waals surface area contributed by atoms with Crippen molar-refractivity contribution in [2.45, 2.75) is 64.6 Å². The van der Waals surface area contributed by atoms with Crippen LogP contribution in [0.1, 0.15) is 80.4 Å². The zero-order chi connectivity index (χ0) is 27.6. The van der Waals surface area contributed by atoms with Crippen LogP contribution in [0.3, 0.4) is 0 Å². The van der Waals surface area contributed by atoms with Gasteiger partial charge in [0.2, 0.25) is 0 Å². The van der Waals surface area contributed by atoms with Crippen LogP contribution in [0.25, 0.3) is 0 Å². The third kappa shape index (κ3) is 5.75. The average molecular weight is 540 g/mol. The molecule has 1 aliphatic heterocycles. The van der Waals surface area contributed by atoms with Gasteiger partial charge in [-0.25, -0.2) is 4.39 Å².